The molecule has 2 amide bonds. The van der Waals surface area contributed by atoms with Crippen molar-refractivity contribution in [1.29, 1.82) is 0 Å². The molecule has 8 nitrogen and oxygen atoms in total. The van der Waals surface area contributed by atoms with Gasteiger partial charge >= 0.3 is 6.01 Å². The van der Waals surface area contributed by atoms with Gasteiger partial charge in [-0.25, -0.2) is 13.2 Å². The molecule has 0 spiro atoms. The number of furan rings is 1. The highest BCUT2D eigenvalue weighted by Crippen LogP contribution is 2.40. The molecule has 6 aromatic rings. The number of aromatic nitrogens is 2. The normalized spacial score (nSPS) is 11.3. The molecule has 6 rings (SSSR count). The van der Waals surface area contributed by atoms with Gasteiger partial charge in [-0.2, -0.15) is 4.98 Å². The second-order valence-electron chi connectivity index (χ2n) is 9.71. The number of nitrogens with zero attached hydrogens (tertiary/aromatic N) is 3. The molecule has 0 aliphatic carbocycles. The van der Waals surface area contributed by atoms with Crippen LogP contribution in [0.3, 0.4) is 0 Å². The first-order valence-electron chi connectivity index (χ1n) is 13.3. The van der Waals surface area contributed by atoms with E-state index < -0.39 is 29.3 Å². The number of oxazole rings is 1. The van der Waals surface area contributed by atoms with Gasteiger partial charge in [-0.3, -0.25) is 19.5 Å². The van der Waals surface area contributed by atoms with Gasteiger partial charge in [0.05, 0.1) is 17.1 Å². The van der Waals surface area contributed by atoms with Crippen molar-refractivity contribution in [2.75, 3.05) is 18.5 Å². The highest BCUT2D eigenvalue weighted by molar-refractivity contribution is 6.12. The lowest BCUT2D eigenvalue weighted by Crippen LogP contribution is -2.31. The highest BCUT2D eigenvalue weighted by Gasteiger charge is 2.28. The lowest BCUT2D eigenvalue weighted by atomic mass is 9.94. The fraction of sp³-hybridized carbons (Fsp3) is 0.125. The molecule has 0 aliphatic rings. The van der Waals surface area contributed by atoms with Gasteiger partial charge in [-0.1, -0.05) is 0 Å². The summed E-state index contributed by atoms with van der Waals surface area (Å²) in [7, 11) is 1.39. The minimum absolute atomic E-state index is 0.00701. The smallest absolute Gasteiger partial charge is 0.305 e. The molecular weight excluding hydrogens is 561 g/mol. The van der Waals surface area contributed by atoms with Gasteiger partial charge in [0.25, 0.3) is 11.8 Å². The predicted octanol–water partition coefficient (Wildman–Crippen LogP) is 7.06. The largest absolute Gasteiger partial charge is 0.455 e. The minimum Gasteiger partial charge on any atom is -0.455 e. The number of carbonyl (C=O) groups excluding carboxylic acids is 2. The third-order valence-corrected chi connectivity index (χ3v) is 7.21. The zero-order valence-corrected chi connectivity index (χ0v) is 23.2. The predicted molar refractivity (Wildman–Crippen MR) is 154 cm³/mol. The summed E-state index contributed by atoms with van der Waals surface area (Å²) < 4.78 is 56.9. The fourth-order valence-electron chi connectivity index (χ4n) is 4.99. The molecule has 0 radical (unpaired) electrons. The van der Waals surface area contributed by atoms with Crippen molar-refractivity contribution in [2.45, 2.75) is 13.8 Å². The zero-order chi connectivity index (χ0) is 30.4. The molecule has 216 valence electrons. The maximum atomic E-state index is 16.4. The molecule has 0 saturated heterocycles. The van der Waals surface area contributed by atoms with E-state index in [0.717, 1.165) is 6.07 Å². The standard InChI is InChI=1S/C32H23F3N4O4/c1-4-39(32-38-23-15-37-12-11-24(23)43-32)31(41)18-13-21(16(2)22(34)14-18)20-9-10-25-26(28(20)35)27(30(40)36-3)29(42-25)17-5-7-19(33)8-6-17/h5-15H,4H2,1-3H3,(H,36,40). The summed E-state index contributed by atoms with van der Waals surface area (Å²) >= 11 is 0. The monoisotopic (exact) mass is 584 g/mol. The van der Waals surface area contributed by atoms with E-state index in [0.29, 0.717) is 16.7 Å². The summed E-state index contributed by atoms with van der Waals surface area (Å²) in [6.45, 7) is 3.33. The third kappa shape index (κ3) is 4.68. The van der Waals surface area contributed by atoms with Crippen molar-refractivity contribution in [2.24, 2.45) is 0 Å². The van der Waals surface area contributed by atoms with E-state index in [1.54, 1.807) is 13.0 Å². The van der Waals surface area contributed by atoms with Gasteiger partial charge in [-0.05, 0) is 73.5 Å². The zero-order valence-electron chi connectivity index (χ0n) is 23.2. The van der Waals surface area contributed by atoms with E-state index in [-0.39, 0.29) is 57.1 Å². The molecule has 0 fully saturated rings. The summed E-state index contributed by atoms with van der Waals surface area (Å²) in [5.41, 5.74) is 1.28. The van der Waals surface area contributed by atoms with Crippen LogP contribution in [-0.2, 0) is 0 Å². The molecule has 0 atom stereocenters. The molecule has 3 aromatic heterocycles. The van der Waals surface area contributed by atoms with Gasteiger partial charge < -0.3 is 14.2 Å². The number of anilines is 1. The van der Waals surface area contributed by atoms with Gasteiger partial charge in [0.1, 0.15) is 34.3 Å². The van der Waals surface area contributed by atoms with Crippen LogP contribution >= 0.6 is 0 Å². The number of nitrogens with one attached hydrogen (secondary N) is 1. The van der Waals surface area contributed by atoms with Crippen LogP contribution in [0.4, 0.5) is 19.2 Å². The van der Waals surface area contributed by atoms with E-state index >= 15 is 8.78 Å². The van der Waals surface area contributed by atoms with Crippen molar-refractivity contribution in [3.63, 3.8) is 0 Å². The second-order valence-corrected chi connectivity index (χ2v) is 9.71. The molecule has 0 unspecified atom stereocenters. The van der Waals surface area contributed by atoms with Crippen LogP contribution in [0.2, 0.25) is 0 Å². The summed E-state index contributed by atoms with van der Waals surface area (Å²) in [6, 6.07) is 12.2. The molecule has 3 aromatic carbocycles. The number of hydrogen-bond donors (Lipinski definition) is 1. The SMILES string of the molecule is CCN(C(=O)c1cc(F)c(C)c(-c2ccc3oc(-c4ccc(F)cc4)c(C(=O)NC)c3c2F)c1)c1nc2cnccc2o1. The average molecular weight is 585 g/mol. The Morgan fingerprint density at radius 3 is 2.42 bits per heavy atom. The minimum atomic E-state index is -0.848. The van der Waals surface area contributed by atoms with Crippen molar-refractivity contribution in [1.82, 2.24) is 15.3 Å². The van der Waals surface area contributed by atoms with Crippen molar-refractivity contribution in [3.05, 3.63) is 101 Å². The Labute approximate surface area is 242 Å². The summed E-state index contributed by atoms with van der Waals surface area (Å²) in [6.07, 6.45) is 3.02. The quantitative estimate of drug-likeness (QED) is 0.225. The van der Waals surface area contributed by atoms with E-state index in [9.17, 15) is 14.0 Å². The molecule has 3 heterocycles. The Kier molecular flexibility index (Phi) is 6.93. The highest BCUT2D eigenvalue weighted by atomic mass is 19.1. The van der Waals surface area contributed by atoms with Gasteiger partial charge in [0.2, 0.25) is 0 Å². The Balaban J connectivity index is 1.49. The molecular formula is C32H23F3N4O4. The number of amides is 2. The van der Waals surface area contributed by atoms with Gasteiger partial charge in [-0.15, -0.1) is 0 Å². The van der Waals surface area contributed by atoms with Crippen LogP contribution in [0.1, 0.15) is 33.2 Å². The molecule has 11 heteroatoms. The van der Waals surface area contributed by atoms with E-state index in [2.05, 4.69) is 15.3 Å². The Morgan fingerprint density at radius 2 is 1.72 bits per heavy atom. The molecule has 1 N–H and O–H groups in total. The van der Waals surface area contributed by atoms with Crippen LogP contribution < -0.4 is 10.2 Å². The van der Waals surface area contributed by atoms with E-state index in [1.807, 2.05) is 0 Å². The first-order valence-corrected chi connectivity index (χ1v) is 13.3. The summed E-state index contributed by atoms with van der Waals surface area (Å²) in [5.74, 6) is -3.27. The first kappa shape index (κ1) is 27.7. The maximum absolute atomic E-state index is 16.4. The van der Waals surface area contributed by atoms with Crippen LogP contribution in [0, 0.1) is 24.4 Å². The first-order chi connectivity index (χ1) is 20.7. The topological polar surface area (TPSA) is 101 Å². The fourth-order valence-corrected chi connectivity index (χ4v) is 4.99. The van der Waals surface area contributed by atoms with E-state index in [1.165, 1.54) is 73.7 Å². The Bertz CT molecular complexity index is 2020. The number of carbonyl (C=O) groups is 2. The number of pyridine rings is 1. The van der Waals surface area contributed by atoms with Crippen molar-refractivity contribution in [3.8, 4) is 22.5 Å². The Morgan fingerprint density at radius 1 is 0.953 bits per heavy atom. The molecule has 0 aliphatic heterocycles. The number of benzene rings is 3. The van der Waals surface area contributed by atoms with E-state index in [4.69, 9.17) is 8.83 Å². The number of rotatable bonds is 6. The maximum Gasteiger partial charge on any atom is 0.305 e. The summed E-state index contributed by atoms with van der Waals surface area (Å²) in [5, 5.41) is 2.35. The second kappa shape index (κ2) is 10.8. The summed E-state index contributed by atoms with van der Waals surface area (Å²) in [4.78, 5) is 36.2. The third-order valence-electron chi connectivity index (χ3n) is 7.21. The number of fused-ring (bicyclic) bond motifs is 2. The Hall–Kier alpha value is -5.45. The molecule has 0 saturated carbocycles. The van der Waals surface area contributed by atoms with Crippen LogP contribution in [0.25, 0.3) is 44.5 Å². The van der Waals surface area contributed by atoms with Gasteiger partial charge in [0, 0.05) is 42.5 Å². The lowest BCUT2D eigenvalue weighted by molar-refractivity contribution is 0.0961. The lowest BCUT2D eigenvalue weighted by Gasteiger charge is -2.18. The van der Waals surface area contributed by atoms with Crippen molar-refractivity contribution >= 4 is 39.9 Å². The van der Waals surface area contributed by atoms with Crippen LogP contribution in [-0.4, -0.2) is 35.4 Å². The molecule has 0 bridgehead atoms. The number of hydrogen-bond acceptors (Lipinski definition) is 6. The van der Waals surface area contributed by atoms with Gasteiger partial charge in [0.15, 0.2) is 5.58 Å². The van der Waals surface area contributed by atoms with Crippen LogP contribution in [0.15, 0.2) is 75.8 Å². The van der Waals surface area contributed by atoms with Crippen LogP contribution in [0.5, 0.6) is 0 Å². The number of halogens is 3. The molecule has 43 heavy (non-hydrogen) atoms. The van der Waals surface area contributed by atoms with Crippen molar-refractivity contribution < 1.29 is 31.6 Å². The average Bonchev–Trinajstić information content (AvgIpc) is 3.61.